The lowest BCUT2D eigenvalue weighted by Crippen LogP contribution is -2.53. The molecule has 0 aromatic heterocycles. The zero-order valence-electron chi connectivity index (χ0n) is 17.9. The molecule has 0 aliphatic carbocycles. The van der Waals surface area contributed by atoms with E-state index in [4.69, 9.17) is 9.47 Å². The maximum atomic E-state index is 13.5. The Morgan fingerprint density at radius 1 is 1.19 bits per heavy atom. The molecule has 5 rings (SSSR count). The van der Waals surface area contributed by atoms with Crippen molar-refractivity contribution in [3.63, 3.8) is 0 Å². The van der Waals surface area contributed by atoms with Crippen molar-refractivity contribution in [2.45, 2.75) is 18.6 Å². The van der Waals surface area contributed by atoms with Gasteiger partial charge in [0.25, 0.3) is 0 Å². The Morgan fingerprint density at radius 3 is 2.59 bits per heavy atom. The van der Waals surface area contributed by atoms with E-state index in [-0.39, 0.29) is 37.3 Å². The van der Waals surface area contributed by atoms with Crippen molar-refractivity contribution < 1.29 is 28.2 Å². The van der Waals surface area contributed by atoms with E-state index in [2.05, 4.69) is 4.90 Å². The predicted molar refractivity (Wildman–Crippen MR) is 112 cm³/mol. The number of amides is 2. The SMILES string of the molecule is CCOC(=O)CN1C[C@@]23C=C[C@@H](O2)[C@@H](C(=O)N2CCN(c4ccc(F)cc4)CC2)[C@@H]3C1=O. The highest BCUT2D eigenvalue weighted by Crippen LogP contribution is 2.52. The third kappa shape index (κ3) is 3.35. The lowest BCUT2D eigenvalue weighted by atomic mass is 9.76. The summed E-state index contributed by atoms with van der Waals surface area (Å²) in [6.07, 6.45) is 3.33. The van der Waals surface area contributed by atoms with Crippen LogP contribution in [0.2, 0.25) is 0 Å². The van der Waals surface area contributed by atoms with Gasteiger partial charge in [-0.15, -0.1) is 0 Å². The molecule has 8 nitrogen and oxygen atoms in total. The van der Waals surface area contributed by atoms with E-state index in [1.807, 2.05) is 12.2 Å². The number of ether oxygens (including phenoxy) is 2. The van der Waals surface area contributed by atoms with Crippen molar-refractivity contribution in [3.8, 4) is 0 Å². The summed E-state index contributed by atoms with van der Waals surface area (Å²) in [6.45, 7) is 4.38. The van der Waals surface area contributed by atoms with Gasteiger partial charge in [-0.05, 0) is 31.2 Å². The average Bonchev–Trinajstić information content (AvgIpc) is 3.42. The minimum absolute atomic E-state index is 0.0867. The number of halogens is 1. The lowest BCUT2D eigenvalue weighted by molar-refractivity contribution is -0.149. The molecular weight excluding hydrogens is 417 g/mol. The molecule has 0 radical (unpaired) electrons. The molecule has 4 aliphatic heterocycles. The van der Waals surface area contributed by atoms with Gasteiger partial charge in [0.05, 0.1) is 31.1 Å². The summed E-state index contributed by atoms with van der Waals surface area (Å²) in [5, 5.41) is 0. The zero-order chi connectivity index (χ0) is 22.5. The van der Waals surface area contributed by atoms with Gasteiger partial charge in [-0.3, -0.25) is 14.4 Å². The molecule has 1 spiro atoms. The van der Waals surface area contributed by atoms with Crippen LogP contribution in [0.5, 0.6) is 0 Å². The second kappa shape index (κ2) is 7.88. The van der Waals surface area contributed by atoms with Gasteiger partial charge < -0.3 is 24.2 Å². The van der Waals surface area contributed by atoms with E-state index in [0.29, 0.717) is 26.2 Å². The largest absolute Gasteiger partial charge is 0.465 e. The molecule has 4 aliphatic rings. The van der Waals surface area contributed by atoms with Gasteiger partial charge in [0.15, 0.2) is 0 Å². The minimum atomic E-state index is -0.843. The van der Waals surface area contributed by atoms with Crippen LogP contribution in [0.1, 0.15) is 6.92 Å². The second-order valence-corrected chi connectivity index (χ2v) is 8.69. The first kappa shape index (κ1) is 20.9. The van der Waals surface area contributed by atoms with Crippen LogP contribution in [0.15, 0.2) is 36.4 Å². The molecule has 3 saturated heterocycles. The van der Waals surface area contributed by atoms with Crippen molar-refractivity contribution in [2.24, 2.45) is 11.8 Å². The number of likely N-dealkylation sites (tertiary alicyclic amines) is 1. The summed E-state index contributed by atoms with van der Waals surface area (Å²) in [5.74, 6) is -2.26. The van der Waals surface area contributed by atoms with Crippen LogP contribution in [-0.2, 0) is 23.9 Å². The first-order chi connectivity index (χ1) is 15.4. The van der Waals surface area contributed by atoms with Crippen LogP contribution >= 0.6 is 0 Å². The third-order valence-electron chi connectivity index (χ3n) is 6.87. The monoisotopic (exact) mass is 443 g/mol. The van der Waals surface area contributed by atoms with Gasteiger partial charge >= 0.3 is 5.97 Å². The Labute approximate surface area is 185 Å². The molecule has 2 amide bonds. The number of fused-ring (bicyclic) bond motifs is 1. The Kier molecular flexibility index (Phi) is 5.16. The van der Waals surface area contributed by atoms with Crippen LogP contribution < -0.4 is 4.90 Å². The molecular formula is C23H26FN3O5. The number of carbonyl (C=O) groups excluding carboxylic acids is 3. The normalized spacial score (nSPS) is 30.8. The third-order valence-corrected chi connectivity index (χ3v) is 6.87. The number of carbonyl (C=O) groups is 3. The summed E-state index contributed by atoms with van der Waals surface area (Å²) in [6, 6.07) is 6.33. The number of anilines is 1. The highest BCUT2D eigenvalue weighted by Gasteiger charge is 2.67. The van der Waals surface area contributed by atoms with Crippen molar-refractivity contribution in [1.82, 2.24) is 9.80 Å². The Balaban J connectivity index is 1.27. The van der Waals surface area contributed by atoms with Crippen LogP contribution in [0.25, 0.3) is 0 Å². The zero-order valence-corrected chi connectivity index (χ0v) is 17.9. The number of hydrogen-bond donors (Lipinski definition) is 0. The number of nitrogens with zero attached hydrogens (tertiary/aromatic N) is 3. The fourth-order valence-electron chi connectivity index (χ4n) is 5.40. The van der Waals surface area contributed by atoms with Crippen LogP contribution in [0.4, 0.5) is 10.1 Å². The Hall–Kier alpha value is -2.94. The summed E-state index contributed by atoms with van der Waals surface area (Å²) < 4.78 is 24.3. The van der Waals surface area contributed by atoms with E-state index in [9.17, 15) is 18.8 Å². The molecule has 32 heavy (non-hydrogen) atoms. The summed E-state index contributed by atoms with van der Waals surface area (Å²) >= 11 is 0. The molecule has 9 heteroatoms. The van der Waals surface area contributed by atoms with Crippen molar-refractivity contribution in [2.75, 3.05) is 50.8 Å². The smallest absolute Gasteiger partial charge is 0.325 e. The topological polar surface area (TPSA) is 79.4 Å². The van der Waals surface area contributed by atoms with E-state index < -0.39 is 29.5 Å². The molecule has 4 heterocycles. The molecule has 0 N–H and O–H groups in total. The molecule has 170 valence electrons. The van der Waals surface area contributed by atoms with Crippen LogP contribution in [0, 0.1) is 17.7 Å². The standard InChI is InChI=1S/C23H26FN3O5/c1-2-31-18(28)13-27-14-23-8-7-17(32-23)19(20(23)22(27)30)21(29)26-11-9-25(10-12-26)16-5-3-15(24)4-6-16/h3-8,17,19-20H,2,9-14H2,1H3/t17-,19-,20-,23-/m1/s1. The number of rotatable bonds is 5. The molecule has 3 fully saturated rings. The van der Waals surface area contributed by atoms with Gasteiger partial charge in [0.1, 0.15) is 18.0 Å². The Morgan fingerprint density at radius 2 is 1.91 bits per heavy atom. The maximum absolute atomic E-state index is 13.5. The maximum Gasteiger partial charge on any atom is 0.325 e. The number of hydrogen-bond acceptors (Lipinski definition) is 6. The molecule has 1 aromatic rings. The molecule has 0 saturated carbocycles. The van der Waals surface area contributed by atoms with Crippen LogP contribution in [0.3, 0.4) is 0 Å². The van der Waals surface area contributed by atoms with Crippen molar-refractivity contribution >= 4 is 23.5 Å². The van der Waals surface area contributed by atoms with E-state index in [1.165, 1.54) is 17.0 Å². The number of esters is 1. The van der Waals surface area contributed by atoms with Gasteiger partial charge in [0.2, 0.25) is 11.8 Å². The van der Waals surface area contributed by atoms with Gasteiger partial charge in [-0.25, -0.2) is 4.39 Å². The fraction of sp³-hybridized carbons (Fsp3) is 0.522. The van der Waals surface area contributed by atoms with Crippen molar-refractivity contribution in [1.29, 1.82) is 0 Å². The average molecular weight is 443 g/mol. The van der Waals surface area contributed by atoms with Crippen molar-refractivity contribution in [3.05, 3.63) is 42.2 Å². The highest BCUT2D eigenvalue weighted by atomic mass is 19.1. The predicted octanol–water partition coefficient (Wildman–Crippen LogP) is 0.819. The number of piperazine rings is 1. The van der Waals surface area contributed by atoms with Crippen LogP contribution in [-0.4, -0.2) is 85.2 Å². The van der Waals surface area contributed by atoms with E-state index in [1.54, 1.807) is 24.0 Å². The molecule has 2 bridgehead atoms. The molecule has 0 unspecified atom stereocenters. The quantitative estimate of drug-likeness (QED) is 0.495. The Bertz CT molecular complexity index is 959. The lowest BCUT2D eigenvalue weighted by Gasteiger charge is -2.38. The minimum Gasteiger partial charge on any atom is -0.465 e. The van der Waals surface area contributed by atoms with Gasteiger partial charge in [-0.1, -0.05) is 12.2 Å². The molecule has 1 aromatic carbocycles. The summed E-state index contributed by atoms with van der Waals surface area (Å²) in [5.41, 5.74) is 0.0778. The first-order valence-corrected chi connectivity index (χ1v) is 11.0. The number of benzene rings is 1. The fourth-order valence-corrected chi connectivity index (χ4v) is 5.40. The van der Waals surface area contributed by atoms with Gasteiger partial charge in [-0.2, -0.15) is 0 Å². The van der Waals surface area contributed by atoms with E-state index >= 15 is 0 Å². The molecule has 4 atom stereocenters. The highest BCUT2D eigenvalue weighted by molar-refractivity contribution is 5.94. The van der Waals surface area contributed by atoms with E-state index in [0.717, 1.165) is 5.69 Å². The first-order valence-electron chi connectivity index (χ1n) is 11.0. The second-order valence-electron chi connectivity index (χ2n) is 8.69. The summed E-state index contributed by atoms with van der Waals surface area (Å²) in [4.78, 5) is 43.9. The summed E-state index contributed by atoms with van der Waals surface area (Å²) in [7, 11) is 0. The van der Waals surface area contributed by atoms with Gasteiger partial charge in [0, 0.05) is 31.9 Å².